The van der Waals surface area contributed by atoms with Gasteiger partial charge in [0.25, 0.3) is 0 Å². The summed E-state index contributed by atoms with van der Waals surface area (Å²) in [5.74, 6) is -2.43. The molecule has 242 valence electrons. The number of rotatable bonds is 27. The summed E-state index contributed by atoms with van der Waals surface area (Å²) in [6.45, 7) is 2.20. The van der Waals surface area contributed by atoms with Crippen molar-refractivity contribution in [1.82, 2.24) is 5.32 Å². The summed E-state index contributed by atoms with van der Waals surface area (Å²) in [5.41, 5.74) is 0. The Morgan fingerprint density at radius 3 is 2.05 bits per heavy atom. The molecule has 4 N–H and O–H groups in total. The molecular weight excluding hydrogens is 565 g/mol. The number of phosphoric acid groups is 1. The second-order valence-corrected chi connectivity index (χ2v) is 11.4. The van der Waals surface area contributed by atoms with Gasteiger partial charge >= 0.3 is 19.8 Å². The van der Waals surface area contributed by atoms with Gasteiger partial charge < -0.3 is 25.2 Å². The van der Waals surface area contributed by atoms with Crippen molar-refractivity contribution >= 4 is 25.7 Å². The minimum atomic E-state index is -4.73. The largest absolute Gasteiger partial charge is 0.480 e. The van der Waals surface area contributed by atoms with Gasteiger partial charge in [-0.05, 0) is 44.9 Å². The molecule has 0 saturated heterocycles. The van der Waals surface area contributed by atoms with Crippen molar-refractivity contribution in [2.24, 2.45) is 0 Å². The fraction of sp³-hybridized carbons (Fsp3) is 0.700. The highest BCUT2D eigenvalue weighted by Crippen LogP contribution is 2.43. The van der Waals surface area contributed by atoms with Crippen LogP contribution in [0.2, 0.25) is 0 Å². The van der Waals surface area contributed by atoms with E-state index in [-0.39, 0.29) is 12.8 Å². The number of allylic oxidation sites excluding steroid dienone is 6. The molecule has 0 aliphatic carbocycles. The number of ether oxygens (including phenoxy) is 1. The highest BCUT2D eigenvalue weighted by molar-refractivity contribution is 7.47. The van der Waals surface area contributed by atoms with E-state index in [1.165, 1.54) is 0 Å². The van der Waals surface area contributed by atoms with Crippen molar-refractivity contribution < 1.29 is 47.8 Å². The number of amides is 1. The number of aliphatic hydroxyl groups excluding tert-OH is 1. The van der Waals surface area contributed by atoms with Gasteiger partial charge in [-0.2, -0.15) is 0 Å². The summed E-state index contributed by atoms with van der Waals surface area (Å²) in [7, 11) is -4.73. The summed E-state index contributed by atoms with van der Waals surface area (Å²) in [6, 6.07) is -1.55. The molecule has 0 spiro atoms. The van der Waals surface area contributed by atoms with Gasteiger partial charge in [-0.15, -0.1) is 0 Å². The first kappa shape index (κ1) is 39.7. The molecule has 0 bridgehead atoms. The monoisotopic (exact) mass is 617 g/mol. The van der Waals surface area contributed by atoms with Gasteiger partial charge in [0.2, 0.25) is 5.91 Å². The first-order chi connectivity index (χ1) is 20.1. The minimum Gasteiger partial charge on any atom is -0.480 e. The second kappa shape index (κ2) is 26.3. The number of hydrogen-bond acceptors (Lipinski definition) is 8. The fourth-order valence-electron chi connectivity index (χ4n) is 3.56. The van der Waals surface area contributed by atoms with Crippen LogP contribution < -0.4 is 5.32 Å². The van der Waals surface area contributed by atoms with Crippen LogP contribution in [0.15, 0.2) is 36.5 Å². The predicted molar refractivity (Wildman–Crippen MR) is 162 cm³/mol. The molecule has 0 saturated carbocycles. The zero-order valence-corrected chi connectivity index (χ0v) is 26.2. The summed E-state index contributed by atoms with van der Waals surface area (Å²) in [6.07, 6.45) is 22.9. The highest BCUT2D eigenvalue weighted by Gasteiger charge is 2.28. The molecule has 0 rings (SSSR count). The van der Waals surface area contributed by atoms with Crippen LogP contribution in [0.25, 0.3) is 0 Å². The van der Waals surface area contributed by atoms with Crippen molar-refractivity contribution in [2.45, 2.75) is 116 Å². The molecule has 0 aliphatic rings. The number of carboxylic acid groups (broad SMARTS) is 1. The lowest BCUT2D eigenvalue weighted by Crippen LogP contribution is -2.43. The SMILES string of the molecule is CC/C=C\C/C=C\C/C=C\CCCCCCCC(=O)NC(COP(=O)(O)OCC(O)COC(=O)CCCCC)C(=O)O. The van der Waals surface area contributed by atoms with E-state index < -0.39 is 57.6 Å². The maximum absolute atomic E-state index is 12.2. The Bertz CT molecular complexity index is 874. The first-order valence-electron chi connectivity index (χ1n) is 15.0. The Kier molecular flexibility index (Phi) is 24.9. The van der Waals surface area contributed by atoms with Crippen LogP contribution in [-0.4, -0.2) is 64.9 Å². The van der Waals surface area contributed by atoms with Gasteiger partial charge in [-0.1, -0.05) is 82.4 Å². The third kappa shape index (κ3) is 25.4. The van der Waals surface area contributed by atoms with Gasteiger partial charge in [-0.25, -0.2) is 9.36 Å². The zero-order valence-electron chi connectivity index (χ0n) is 25.3. The Labute approximate surface area is 251 Å². The number of phosphoric ester groups is 1. The van der Waals surface area contributed by atoms with Crippen molar-refractivity contribution in [3.8, 4) is 0 Å². The molecule has 0 aromatic carbocycles. The second-order valence-electron chi connectivity index (χ2n) is 9.91. The third-order valence-electron chi connectivity index (χ3n) is 5.94. The first-order valence-corrected chi connectivity index (χ1v) is 16.5. The van der Waals surface area contributed by atoms with Crippen LogP contribution >= 0.6 is 7.82 Å². The number of carbonyl (C=O) groups is 3. The smallest absolute Gasteiger partial charge is 0.472 e. The highest BCUT2D eigenvalue weighted by atomic mass is 31.2. The van der Waals surface area contributed by atoms with Crippen LogP contribution in [0.5, 0.6) is 0 Å². The Morgan fingerprint density at radius 1 is 0.786 bits per heavy atom. The predicted octanol–water partition coefficient (Wildman–Crippen LogP) is 5.76. The lowest BCUT2D eigenvalue weighted by Gasteiger charge is -2.18. The molecule has 0 radical (unpaired) electrons. The molecule has 12 heteroatoms. The molecule has 11 nitrogen and oxygen atoms in total. The standard InChI is InChI=1S/C30H52NO10P/c1-3-5-7-8-9-10-11-12-13-14-15-16-17-18-20-21-28(33)31-27(30(35)36)25-41-42(37,38)40-24-26(32)23-39-29(34)22-19-6-4-2/h5,7,9-10,12-13,26-27,32H,3-4,6,8,11,14-25H2,1-2H3,(H,31,33)(H,35,36)(H,37,38)/b7-5-,10-9-,13-12-. The number of hydrogen-bond donors (Lipinski definition) is 4. The molecule has 42 heavy (non-hydrogen) atoms. The van der Waals surface area contributed by atoms with E-state index in [0.717, 1.165) is 64.2 Å². The Hall–Kier alpha value is -2.30. The van der Waals surface area contributed by atoms with Crippen LogP contribution in [0, 0.1) is 0 Å². The van der Waals surface area contributed by atoms with E-state index >= 15 is 0 Å². The van der Waals surface area contributed by atoms with Gasteiger partial charge in [0.05, 0.1) is 13.2 Å². The Balaban J connectivity index is 4.08. The molecule has 0 aliphatic heterocycles. The topological polar surface area (TPSA) is 169 Å². The van der Waals surface area contributed by atoms with Crippen LogP contribution in [-0.2, 0) is 32.7 Å². The number of aliphatic hydroxyl groups is 1. The third-order valence-corrected chi connectivity index (χ3v) is 6.89. The van der Waals surface area contributed by atoms with E-state index in [9.17, 15) is 34.1 Å². The minimum absolute atomic E-state index is 0.125. The fourth-order valence-corrected chi connectivity index (χ4v) is 4.33. The van der Waals surface area contributed by atoms with Crippen molar-refractivity contribution in [3.05, 3.63) is 36.5 Å². The van der Waals surface area contributed by atoms with Crippen LogP contribution in [0.3, 0.4) is 0 Å². The van der Waals surface area contributed by atoms with Crippen LogP contribution in [0.1, 0.15) is 104 Å². The molecule has 3 atom stereocenters. The Morgan fingerprint density at radius 2 is 1.38 bits per heavy atom. The molecule has 0 heterocycles. The van der Waals surface area contributed by atoms with Crippen molar-refractivity contribution in [2.75, 3.05) is 19.8 Å². The average molecular weight is 618 g/mol. The number of carbonyl (C=O) groups excluding carboxylic acids is 2. The van der Waals surface area contributed by atoms with Gasteiger partial charge in [0.1, 0.15) is 12.7 Å². The maximum atomic E-state index is 12.2. The molecular formula is C30H52NO10P. The molecule has 0 aromatic heterocycles. The van der Waals surface area contributed by atoms with E-state index in [4.69, 9.17) is 4.74 Å². The molecule has 1 amide bonds. The van der Waals surface area contributed by atoms with E-state index in [0.29, 0.717) is 12.8 Å². The molecule has 0 aromatic rings. The number of aliphatic carboxylic acids is 1. The zero-order chi connectivity index (χ0) is 31.5. The van der Waals surface area contributed by atoms with Crippen molar-refractivity contribution in [1.29, 1.82) is 0 Å². The quantitative estimate of drug-likeness (QED) is 0.0385. The summed E-state index contributed by atoms with van der Waals surface area (Å²) < 4.78 is 26.3. The summed E-state index contributed by atoms with van der Waals surface area (Å²) in [5, 5.41) is 21.4. The van der Waals surface area contributed by atoms with Crippen LogP contribution in [0.4, 0.5) is 0 Å². The van der Waals surface area contributed by atoms with E-state index in [1.807, 2.05) is 6.92 Å². The van der Waals surface area contributed by atoms with E-state index in [2.05, 4.69) is 57.7 Å². The maximum Gasteiger partial charge on any atom is 0.472 e. The van der Waals surface area contributed by atoms with E-state index in [1.54, 1.807) is 0 Å². The van der Waals surface area contributed by atoms with Gasteiger partial charge in [0.15, 0.2) is 6.04 Å². The lowest BCUT2D eigenvalue weighted by atomic mass is 10.1. The number of unbranched alkanes of at least 4 members (excludes halogenated alkanes) is 7. The van der Waals surface area contributed by atoms with Gasteiger partial charge in [0, 0.05) is 12.8 Å². The van der Waals surface area contributed by atoms with Crippen molar-refractivity contribution in [3.63, 3.8) is 0 Å². The molecule has 3 unspecified atom stereocenters. The summed E-state index contributed by atoms with van der Waals surface area (Å²) in [4.78, 5) is 45.0. The molecule has 0 fully saturated rings. The number of esters is 1. The average Bonchev–Trinajstić information content (AvgIpc) is 2.95. The number of nitrogens with one attached hydrogen (secondary N) is 1. The van der Waals surface area contributed by atoms with Gasteiger partial charge in [-0.3, -0.25) is 18.6 Å². The lowest BCUT2D eigenvalue weighted by molar-refractivity contribution is -0.147. The normalized spacial score (nSPS) is 14.8. The summed E-state index contributed by atoms with van der Waals surface area (Å²) >= 11 is 0. The number of carboxylic acids is 1.